The molecule has 0 bridgehead atoms. The zero-order valence-corrected chi connectivity index (χ0v) is 16.8. The number of unbranched alkanes of at least 4 members (excludes halogenated alkanes) is 6. The van der Waals surface area contributed by atoms with Crippen LogP contribution < -0.4 is 0 Å². The van der Waals surface area contributed by atoms with Crippen LogP contribution >= 0.6 is 50.5 Å². The second kappa shape index (κ2) is 17.7. The normalized spacial score (nSPS) is 14.3. The van der Waals surface area contributed by atoms with Crippen molar-refractivity contribution in [2.75, 3.05) is 24.7 Å². The van der Waals surface area contributed by atoms with Crippen LogP contribution in [0, 0.1) is 0 Å². The van der Waals surface area contributed by atoms with E-state index in [0.29, 0.717) is 10.5 Å². The summed E-state index contributed by atoms with van der Waals surface area (Å²) in [5.74, 6) is 2.01. The second-order valence-electron chi connectivity index (χ2n) is 5.70. The van der Waals surface area contributed by atoms with Gasteiger partial charge in [0.15, 0.2) is 0 Å². The summed E-state index contributed by atoms with van der Waals surface area (Å²) in [7, 11) is 0. The first kappa shape index (κ1) is 22.4. The van der Waals surface area contributed by atoms with Gasteiger partial charge in [-0.25, -0.2) is 0 Å². The van der Waals surface area contributed by atoms with Crippen molar-refractivity contribution in [3.63, 3.8) is 0 Å². The zero-order chi connectivity index (χ0) is 15.8. The maximum atomic E-state index is 5.74. The zero-order valence-electron chi connectivity index (χ0n) is 13.3. The van der Waals surface area contributed by atoms with E-state index in [4.69, 9.17) is 4.74 Å². The van der Waals surface area contributed by atoms with Crippen molar-refractivity contribution in [3.8, 4) is 0 Å². The molecule has 0 saturated heterocycles. The minimum Gasteiger partial charge on any atom is -0.379 e. The average molecular weight is 371 g/mol. The van der Waals surface area contributed by atoms with Gasteiger partial charge in [0.05, 0.1) is 13.2 Å². The minimum atomic E-state index is 0.372. The smallest absolute Gasteiger partial charge is 0.0583 e. The van der Waals surface area contributed by atoms with Gasteiger partial charge < -0.3 is 4.74 Å². The van der Waals surface area contributed by atoms with Gasteiger partial charge >= 0.3 is 0 Å². The van der Waals surface area contributed by atoms with Crippen LogP contribution in [-0.4, -0.2) is 35.2 Å². The third kappa shape index (κ3) is 17.5. The van der Waals surface area contributed by atoms with Crippen LogP contribution in [0.25, 0.3) is 0 Å². The Hall–Kier alpha value is 1.36. The van der Waals surface area contributed by atoms with E-state index in [-0.39, 0.29) is 0 Å². The molecule has 21 heavy (non-hydrogen) atoms. The summed E-state index contributed by atoms with van der Waals surface area (Å²) in [6, 6.07) is 0. The van der Waals surface area contributed by atoms with E-state index < -0.39 is 0 Å². The molecule has 0 spiro atoms. The Bertz CT molecular complexity index is 185. The molecule has 0 aliphatic heterocycles. The van der Waals surface area contributed by atoms with E-state index in [1.54, 1.807) is 0 Å². The Kier molecular flexibility index (Phi) is 18.9. The summed E-state index contributed by atoms with van der Waals surface area (Å²) < 4.78 is 5.74. The van der Waals surface area contributed by atoms with Crippen LogP contribution in [0.4, 0.5) is 0 Å². The first-order valence-electron chi connectivity index (χ1n) is 8.36. The molecule has 0 aliphatic carbocycles. The first-order valence-corrected chi connectivity index (χ1v) is 10.7. The molecule has 0 N–H and O–H groups in total. The van der Waals surface area contributed by atoms with E-state index in [1.165, 1.54) is 51.4 Å². The Morgan fingerprint density at radius 2 is 0.952 bits per heavy atom. The molecule has 5 heteroatoms. The standard InChI is InChI=1S/C16H34OS4/c18-11-7-3-1-5-9-15(20)13-17-14-16(21)10-6-2-4-8-12-19/h15-16,18-21H,1-14H2. The molecular formula is C16H34OS4. The van der Waals surface area contributed by atoms with Gasteiger partial charge in [-0.1, -0.05) is 38.5 Å². The number of hydrogen-bond acceptors (Lipinski definition) is 5. The maximum Gasteiger partial charge on any atom is 0.0583 e. The predicted octanol–water partition coefficient (Wildman–Crippen LogP) is 5.36. The molecule has 128 valence electrons. The van der Waals surface area contributed by atoms with Crippen molar-refractivity contribution in [2.24, 2.45) is 0 Å². The molecule has 1 nitrogen and oxygen atoms in total. The van der Waals surface area contributed by atoms with Crippen molar-refractivity contribution in [2.45, 2.75) is 74.7 Å². The third-order valence-electron chi connectivity index (χ3n) is 3.51. The number of rotatable bonds is 16. The molecule has 0 radical (unpaired) electrons. The quantitative estimate of drug-likeness (QED) is 0.211. The highest BCUT2D eigenvalue weighted by Crippen LogP contribution is 2.13. The van der Waals surface area contributed by atoms with E-state index in [2.05, 4.69) is 50.5 Å². The molecule has 0 amide bonds. The van der Waals surface area contributed by atoms with Gasteiger partial charge in [-0.05, 0) is 37.2 Å². The van der Waals surface area contributed by atoms with E-state index in [0.717, 1.165) is 37.6 Å². The molecule has 0 saturated carbocycles. The van der Waals surface area contributed by atoms with Crippen LogP contribution in [0.3, 0.4) is 0 Å². The molecule has 0 aromatic carbocycles. The van der Waals surface area contributed by atoms with Crippen molar-refractivity contribution >= 4 is 50.5 Å². The van der Waals surface area contributed by atoms with Gasteiger partial charge in [-0.15, -0.1) is 0 Å². The Labute approximate surface area is 154 Å². The average Bonchev–Trinajstić information content (AvgIpc) is 2.47. The lowest BCUT2D eigenvalue weighted by Crippen LogP contribution is -2.15. The van der Waals surface area contributed by atoms with Gasteiger partial charge in [0.2, 0.25) is 0 Å². The van der Waals surface area contributed by atoms with Crippen LogP contribution in [-0.2, 0) is 4.74 Å². The number of ether oxygens (including phenoxy) is 1. The Balaban J connectivity index is 3.30. The van der Waals surface area contributed by atoms with E-state index in [9.17, 15) is 0 Å². The highest BCUT2D eigenvalue weighted by atomic mass is 32.1. The molecule has 0 heterocycles. The van der Waals surface area contributed by atoms with Gasteiger partial charge in [0.25, 0.3) is 0 Å². The molecule has 0 aromatic heterocycles. The summed E-state index contributed by atoms with van der Waals surface area (Å²) in [4.78, 5) is 0. The number of hydrogen-bond donors (Lipinski definition) is 4. The Morgan fingerprint density at radius 1 is 0.571 bits per heavy atom. The molecular weight excluding hydrogens is 336 g/mol. The minimum absolute atomic E-state index is 0.372. The fourth-order valence-corrected chi connectivity index (χ4v) is 3.22. The summed E-state index contributed by atoms with van der Waals surface area (Å²) in [5.41, 5.74) is 0. The monoisotopic (exact) mass is 370 g/mol. The van der Waals surface area contributed by atoms with Crippen molar-refractivity contribution in [1.82, 2.24) is 0 Å². The van der Waals surface area contributed by atoms with Gasteiger partial charge in [-0.2, -0.15) is 50.5 Å². The largest absolute Gasteiger partial charge is 0.379 e. The summed E-state index contributed by atoms with van der Waals surface area (Å²) >= 11 is 17.6. The molecule has 0 aromatic rings. The fourth-order valence-electron chi connectivity index (χ4n) is 2.20. The lowest BCUT2D eigenvalue weighted by molar-refractivity contribution is 0.133. The van der Waals surface area contributed by atoms with Crippen molar-refractivity contribution < 1.29 is 4.74 Å². The maximum absolute atomic E-state index is 5.74. The van der Waals surface area contributed by atoms with Gasteiger partial charge in [0, 0.05) is 10.5 Å². The summed E-state index contributed by atoms with van der Waals surface area (Å²) in [6.07, 6.45) is 12.4. The van der Waals surface area contributed by atoms with Crippen molar-refractivity contribution in [3.05, 3.63) is 0 Å². The lowest BCUT2D eigenvalue weighted by atomic mass is 10.1. The van der Waals surface area contributed by atoms with Crippen LogP contribution in [0.2, 0.25) is 0 Å². The van der Waals surface area contributed by atoms with Crippen LogP contribution in [0.5, 0.6) is 0 Å². The van der Waals surface area contributed by atoms with Crippen LogP contribution in [0.15, 0.2) is 0 Å². The van der Waals surface area contributed by atoms with Gasteiger partial charge in [-0.3, -0.25) is 0 Å². The second-order valence-corrected chi connectivity index (χ2v) is 8.05. The predicted molar refractivity (Wildman–Crippen MR) is 110 cm³/mol. The summed E-state index contributed by atoms with van der Waals surface area (Å²) in [6.45, 7) is 1.51. The molecule has 0 aliphatic rings. The third-order valence-corrected chi connectivity index (χ3v) is 4.96. The number of thiol groups is 4. The first-order chi connectivity index (χ1) is 10.2. The highest BCUT2D eigenvalue weighted by molar-refractivity contribution is 7.81. The highest BCUT2D eigenvalue weighted by Gasteiger charge is 2.07. The van der Waals surface area contributed by atoms with Crippen LogP contribution in [0.1, 0.15) is 64.2 Å². The molecule has 0 fully saturated rings. The van der Waals surface area contributed by atoms with Gasteiger partial charge in [0.1, 0.15) is 0 Å². The van der Waals surface area contributed by atoms with E-state index >= 15 is 0 Å². The van der Waals surface area contributed by atoms with Crippen molar-refractivity contribution in [1.29, 1.82) is 0 Å². The SMILES string of the molecule is SCCCCCCC(S)COCC(S)CCCCCCS. The molecule has 2 atom stereocenters. The fraction of sp³-hybridized carbons (Fsp3) is 1.00. The topological polar surface area (TPSA) is 9.23 Å². The molecule has 2 unspecified atom stereocenters. The lowest BCUT2D eigenvalue weighted by Gasteiger charge is -2.14. The summed E-state index contributed by atoms with van der Waals surface area (Å²) in [5, 5.41) is 0.744. The Morgan fingerprint density at radius 3 is 1.33 bits per heavy atom. The van der Waals surface area contributed by atoms with E-state index in [1.807, 2.05) is 0 Å². The molecule has 0 rings (SSSR count).